The summed E-state index contributed by atoms with van der Waals surface area (Å²) in [6.45, 7) is 8.39. The molecule has 0 aliphatic carbocycles. The lowest BCUT2D eigenvalue weighted by Gasteiger charge is -2.58. The monoisotopic (exact) mass is 339 g/mol. The number of para-hydroxylation sites is 1. The summed E-state index contributed by atoms with van der Waals surface area (Å²) in [5.41, 5.74) is 2.47. The summed E-state index contributed by atoms with van der Waals surface area (Å²) in [6.07, 6.45) is 3.14. The first-order valence-corrected chi connectivity index (χ1v) is 9.15. The van der Waals surface area contributed by atoms with Crippen LogP contribution in [0.3, 0.4) is 0 Å². The second-order valence-electron chi connectivity index (χ2n) is 8.51. The fourth-order valence-corrected chi connectivity index (χ4v) is 4.95. The zero-order valence-electron chi connectivity index (χ0n) is 14.9. The van der Waals surface area contributed by atoms with Gasteiger partial charge in [0.15, 0.2) is 0 Å². The van der Waals surface area contributed by atoms with Crippen LogP contribution in [0.15, 0.2) is 36.5 Å². The largest absolute Gasteiger partial charge is 0.487 e. The molecule has 5 heteroatoms. The van der Waals surface area contributed by atoms with Crippen molar-refractivity contribution in [2.75, 3.05) is 19.7 Å². The van der Waals surface area contributed by atoms with Crippen LogP contribution in [0, 0.1) is 11.3 Å². The summed E-state index contributed by atoms with van der Waals surface area (Å²) in [4.78, 5) is 2.47. The molecule has 25 heavy (non-hydrogen) atoms. The zero-order valence-corrected chi connectivity index (χ0v) is 14.9. The lowest BCUT2D eigenvalue weighted by molar-refractivity contribution is -0.200. The Labute approximate surface area is 148 Å². The molecular weight excluding hydrogens is 314 g/mol. The number of nitrogens with one attached hydrogen (secondary N) is 1. The fraction of sp³-hybridized carbons (Fsp3) is 0.550. The maximum Gasteiger partial charge on any atom is 0.125 e. The van der Waals surface area contributed by atoms with Gasteiger partial charge in [-0.2, -0.15) is 5.10 Å². The topological polar surface area (TPSA) is 50.4 Å². The molecule has 2 fully saturated rings. The minimum absolute atomic E-state index is 0.159. The molecule has 2 aromatic rings. The molecule has 1 N–H and O–H groups in total. The first kappa shape index (κ1) is 15.4. The third-order valence-electron chi connectivity index (χ3n) is 6.15. The van der Waals surface area contributed by atoms with Crippen LogP contribution in [0.5, 0.6) is 5.75 Å². The lowest BCUT2D eigenvalue weighted by Crippen LogP contribution is -2.63. The third kappa shape index (κ3) is 2.49. The Hall–Kier alpha value is -1.85. The van der Waals surface area contributed by atoms with Gasteiger partial charge in [-0.1, -0.05) is 18.2 Å². The van der Waals surface area contributed by atoms with Gasteiger partial charge in [-0.05, 0) is 32.4 Å². The first-order valence-electron chi connectivity index (χ1n) is 9.15. The van der Waals surface area contributed by atoms with Crippen LogP contribution >= 0.6 is 0 Å². The van der Waals surface area contributed by atoms with Crippen molar-refractivity contribution < 1.29 is 9.47 Å². The van der Waals surface area contributed by atoms with Crippen LogP contribution in [-0.4, -0.2) is 40.4 Å². The molecule has 3 aliphatic heterocycles. The molecule has 1 spiro atoms. The maximum absolute atomic E-state index is 6.46. The van der Waals surface area contributed by atoms with Crippen molar-refractivity contribution in [3.63, 3.8) is 0 Å². The summed E-state index contributed by atoms with van der Waals surface area (Å²) in [5.74, 6) is 1.38. The van der Waals surface area contributed by atoms with Gasteiger partial charge in [-0.15, -0.1) is 0 Å². The highest BCUT2D eigenvalue weighted by Crippen LogP contribution is 2.55. The smallest absolute Gasteiger partial charge is 0.125 e. The van der Waals surface area contributed by atoms with Crippen molar-refractivity contribution in [2.45, 2.75) is 38.5 Å². The summed E-state index contributed by atoms with van der Waals surface area (Å²) in [6, 6.07) is 10.4. The second kappa shape index (κ2) is 5.32. The van der Waals surface area contributed by atoms with Gasteiger partial charge in [0.2, 0.25) is 0 Å². The number of H-pyrrole nitrogens is 1. The molecule has 1 aromatic heterocycles. The zero-order chi connectivity index (χ0) is 17.1. The van der Waals surface area contributed by atoms with Gasteiger partial charge in [-0.3, -0.25) is 10.00 Å². The number of rotatable bonds is 2. The standard InChI is InChI=1S/C20H25N3O2/c1-19(2)16-9-20(11-23(12-20)10-14-7-8-21-22-14)13-24-18(16)15-5-3-4-6-17(15)25-19/h3-8,16,18H,9-13H2,1-2H3,(H,21,22)/t16-,18+/m0/s1. The summed E-state index contributed by atoms with van der Waals surface area (Å²) in [7, 11) is 0. The van der Waals surface area contributed by atoms with E-state index in [0.29, 0.717) is 5.92 Å². The molecule has 2 saturated heterocycles. The number of fused-ring (bicyclic) bond motifs is 3. The number of aromatic nitrogens is 2. The van der Waals surface area contributed by atoms with Crippen LogP contribution in [0.1, 0.15) is 37.6 Å². The highest BCUT2D eigenvalue weighted by molar-refractivity contribution is 5.39. The Bertz CT molecular complexity index is 765. The number of benzene rings is 1. The Morgan fingerprint density at radius 1 is 1.24 bits per heavy atom. The van der Waals surface area contributed by atoms with E-state index in [2.05, 4.69) is 47.1 Å². The molecule has 0 amide bonds. The van der Waals surface area contributed by atoms with Crippen LogP contribution in [0.2, 0.25) is 0 Å². The fourth-order valence-electron chi connectivity index (χ4n) is 4.95. The normalized spacial score (nSPS) is 29.4. The van der Waals surface area contributed by atoms with E-state index in [9.17, 15) is 0 Å². The highest BCUT2D eigenvalue weighted by atomic mass is 16.5. The van der Waals surface area contributed by atoms with E-state index < -0.39 is 0 Å². The highest BCUT2D eigenvalue weighted by Gasteiger charge is 2.55. The number of hydrogen-bond donors (Lipinski definition) is 1. The molecule has 5 rings (SSSR count). The molecule has 1 aromatic carbocycles. The van der Waals surface area contributed by atoms with E-state index in [1.54, 1.807) is 0 Å². The molecule has 2 atom stereocenters. The minimum atomic E-state index is -0.198. The lowest BCUT2D eigenvalue weighted by atomic mass is 9.64. The maximum atomic E-state index is 6.46. The molecule has 3 aliphatic rings. The molecule has 0 radical (unpaired) electrons. The van der Waals surface area contributed by atoms with Crippen LogP contribution in [-0.2, 0) is 11.3 Å². The van der Waals surface area contributed by atoms with Gasteiger partial charge in [-0.25, -0.2) is 0 Å². The van der Waals surface area contributed by atoms with E-state index in [1.165, 1.54) is 17.7 Å². The van der Waals surface area contributed by atoms with Crippen molar-refractivity contribution in [3.8, 4) is 5.75 Å². The van der Waals surface area contributed by atoms with Crippen LogP contribution in [0.25, 0.3) is 0 Å². The molecule has 5 nitrogen and oxygen atoms in total. The van der Waals surface area contributed by atoms with Gasteiger partial charge in [0, 0.05) is 48.4 Å². The van der Waals surface area contributed by atoms with Crippen LogP contribution in [0.4, 0.5) is 0 Å². The Balaban J connectivity index is 1.33. The average Bonchev–Trinajstić information content (AvgIpc) is 3.06. The summed E-state index contributed by atoms with van der Waals surface area (Å²) >= 11 is 0. The number of likely N-dealkylation sites (tertiary alicyclic amines) is 1. The van der Waals surface area contributed by atoms with Gasteiger partial charge < -0.3 is 9.47 Å². The van der Waals surface area contributed by atoms with Gasteiger partial charge in [0.1, 0.15) is 11.4 Å². The minimum Gasteiger partial charge on any atom is -0.487 e. The number of nitrogens with zero attached hydrogens (tertiary/aromatic N) is 2. The van der Waals surface area contributed by atoms with Gasteiger partial charge in [0.05, 0.1) is 12.7 Å². The Morgan fingerprint density at radius 2 is 2.08 bits per heavy atom. The van der Waals surface area contributed by atoms with Crippen molar-refractivity contribution in [2.24, 2.45) is 11.3 Å². The van der Waals surface area contributed by atoms with E-state index in [4.69, 9.17) is 9.47 Å². The SMILES string of the molecule is CC1(C)Oc2ccccc2[C@H]2OCC3(C[C@@H]21)CN(Cc1ccn[nH]1)C3. The first-order chi connectivity index (χ1) is 12.0. The van der Waals surface area contributed by atoms with E-state index in [-0.39, 0.29) is 17.1 Å². The van der Waals surface area contributed by atoms with Gasteiger partial charge in [0.25, 0.3) is 0 Å². The quantitative estimate of drug-likeness (QED) is 0.913. The predicted octanol–water partition coefficient (Wildman–Crippen LogP) is 3.16. The molecular formula is C20H25N3O2. The van der Waals surface area contributed by atoms with Crippen molar-refractivity contribution >= 4 is 0 Å². The third-order valence-corrected chi connectivity index (χ3v) is 6.15. The number of ether oxygens (including phenoxy) is 2. The summed E-state index contributed by atoms with van der Waals surface area (Å²) < 4.78 is 12.8. The molecule has 4 heterocycles. The molecule has 0 saturated carbocycles. The molecule has 0 bridgehead atoms. The van der Waals surface area contributed by atoms with Crippen LogP contribution < -0.4 is 4.74 Å². The number of hydrogen-bond acceptors (Lipinski definition) is 4. The van der Waals surface area contributed by atoms with Crippen molar-refractivity contribution in [3.05, 3.63) is 47.8 Å². The van der Waals surface area contributed by atoms with E-state index in [0.717, 1.165) is 32.0 Å². The van der Waals surface area contributed by atoms with E-state index in [1.807, 2.05) is 18.3 Å². The van der Waals surface area contributed by atoms with Gasteiger partial charge >= 0.3 is 0 Å². The van der Waals surface area contributed by atoms with Crippen molar-refractivity contribution in [1.29, 1.82) is 0 Å². The second-order valence-corrected chi connectivity index (χ2v) is 8.51. The predicted molar refractivity (Wildman–Crippen MR) is 94.2 cm³/mol. The Kier molecular flexibility index (Phi) is 3.28. The molecule has 0 unspecified atom stereocenters. The van der Waals surface area contributed by atoms with Crippen molar-refractivity contribution in [1.82, 2.24) is 15.1 Å². The van der Waals surface area contributed by atoms with E-state index >= 15 is 0 Å². The Morgan fingerprint density at radius 3 is 2.88 bits per heavy atom. The average molecular weight is 339 g/mol. The number of aromatic amines is 1. The summed E-state index contributed by atoms with van der Waals surface area (Å²) in [5, 5.41) is 7.09. The molecule has 132 valence electrons.